The Bertz CT molecular complexity index is 1090. The molecule has 394 valence electrons. The van der Waals surface area contributed by atoms with E-state index in [1.807, 2.05) is 6.08 Å². The molecule has 0 aromatic carbocycles. The van der Waals surface area contributed by atoms with Crippen molar-refractivity contribution in [3.63, 3.8) is 0 Å². The Morgan fingerprint density at radius 3 is 1.06 bits per heavy atom. The summed E-state index contributed by atoms with van der Waals surface area (Å²) in [4.78, 5) is 24.5. The maximum absolute atomic E-state index is 12.4. The molecule has 2 unspecified atom stereocenters. The van der Waals surface area contributed by atoms with Gasteiger partial charge in [0, 0.05) is 12.8 Å². The number of rotatable bonds is 55. The fourth-order valence-electron chi connectivity index (χ4n) is 9.03. The minimum atomic E-state index is -0.845. The number of hydrogen-bond donors (Lipinski definition) is 3. The zero-order chi connectivity index (χ0) is 48.6. The van der Waals surface area contributed by atoms with Crippen molar-refractivity contribution in [2.75, 3.05) is 13.2 Å². The summed E-state index contributed by atoms with van der Waals surface area (Å²) in [5.41, 5.74) is 0. The van der Waals surface area contributed by atoms with Crippen LogP contribution in [0.3, 0.4) is 0 Å². The molecule has 0 aliphatic rings. The highest BCUT2D eigenvalue weighted by atomic mass is 16.5. The van der Waals surface area contributed by atoms with Gasteiger partial charge in [-0.2, -0.15) is 0 Å². The topological polar surface area (TPSA) is 95.9 Å². The van der Waals surface area contributed by atoms with E-state index < -0.39 is 12.1 Å². The summed E-state index contributed by atoms with van der Waals surface area (Å²) >= 11 is 0. The van der Waals surface area contributed by atoms with Crippen molar-refractivity contribution in [3.05, 3.63) is 36.5 Å². The quantitative estimate of drug-likeness (QED) is 0.0321. The number of carbonyl (C=O) groups excluding carboxylic acids is 2. The highest BCUT2D eigenvalue weighted by Crippen LogP contribution is 2.16. The largest absolute Gasteiger partial charge is 0.466 e. The standard InChI is InChI=1S/C61H115NO5/c1-3-5-7-9-11-13-15-16-17-29-32-35-39-43-47-51-55-61(66)67-56-52-48-44-40-36-33-30-27-25-23-21-19-18-20-22-24-26-28-31-34-38-42-46-50-54-60(65)62-58(57-63)59(64)53-49-45-41-37-14-12-10-8-6-4-2/h17,20,22,29,49,53,58-59,63-64H,3-16,18-19,21,23-28,30-48,50-52,54-57H2,1-2H3,(H,62,65)/b22-20-,29-17-,53-49+. The van der Waals surface area contributed by atoms with Gasteiger partial charge in [0.1, 0.15) is 0 Å². The van der Waals surface area contributed by atoms with E-state index in [0.29, 0.717) is 19.4 Å². The third kappa shape index (κ3) is 53.3. The van der Waals surface area contributed by atoms with Crippen LogP contribution in [0.25, 0.3) is 0 Å². The molecule has 0 saturated carbocycles. The molecule has 0 aromatic rings. The number of amides is 1. The normalized spacial score (nSPS) is 12.8. The number of nitrogens with one attached hydrogen (secondary N) is 1. The van der Waals surface area contributed by atoms with Gasteiger partial charge in [-0.15, -0.1) is 0 Å². The summed E-state index contributed by atoms with van der Waals surface area (Å²) in [6, 6.07) is -0.629. The zero-order valence-electron chi connectivity index (χ0n) is 44.9. The van der Waals surface area contributed by atoms with Crippen LogP contribution in [0.15, 0.2) is 36.5 Å². The van der Waals surface area contributed by atoms with Gasteiger partial charge in [-0.05, 0) is 83.5 Å². The number of ether oxygens (including phenoxy) is 1. The van der Waals surface area contributed by atoms with Crippen LogP contribution in [0, 0.1) is 0 Å². The molecule has 0 spiro atoms. The molecule has 0 rings (SSSR count). The van der Waals surface area contributed by atoms with Gasteiger partial charge in [0.2, 0.25) is 5.91 Å². The number of unbranched alkanes of at least 4 members (excludes halogenated alkanes) is 40. The maximum atomic E-state index is 12.4. The molecule has 1 amide bonds. The molecular formula is C61H115NO5. The third-order valence-electron chi connectivity index (χ3n) is 13.6. The van der Waals surface area contributed by atoms with E-state index in [-0.39, 0.29) is 18.5 Å². The van der Waals surface area contributed by atoms with Crippen molar-refractivity contribution in [2.45, 2.75) is 328 Å². The molecule has 0 heterocycles. The number of aliphatic hydroxyl groups is 2. The van der Waals surface area contributed by atoms with E-state index in [4.69, 9.17) is 4.74 Å². The molecule has 6 heteroatoms. The predicted molar refractivity (Wildman–Crippen MR) is 292 cm³/mol. The molecule has 0 aromatic heterocycles. The number of hydrogen-bond acceptors (Lipinski definition) is 5. The lowest BCUT2D eigenvalue weighted by Gasteiger charge is -2.20. The highest BCUT2D eigenvalue weighted by molar-refractivity contribution is 5.76. The Labute approximate surface area is 417 Å². The van der Waals surface area contributed by atoms with E-state index >= 15 is 0 Å². The van der Waals surface area contributed by atoms with Crippen molar-refractivity contribution < 1.29 is 24.5 Å². The molecule has 3 N–H and O–H groups in total. The first kappa shape index (κ1) is 65.1. The van der Waals surface area contributed by atoms with Gasteiger partial charge in [-0.25, -0.2) is 0 Å². The van der Waals surface area contributed by atoms with Gasteiger partial charge < -0.3 is 20.3 Å². The van der Waals surface area contributed by atoms with Crippen LogP contribution >= 0.6 is 0 Å². The van der Waals surface area contributed by atoms with Gasteiger partial charge in [0.05, 0.1) is 25.4 Å². The van der Waals surface area contributed by atoms with Crippen molar-refractivity contribution in [1.82, 2.24) is 5.32 Å². The molecule has 2 atom stereocenters. The lowest BCUT2D eigenvalue weighted by molar-refractivity contribution is -0.143. The molecule has 0 aliphatic carbocycles. The smallest absolute Gasteiger partial charge is 0.305 e. The average Bonchev–Trinajstić information content (AvgIpc) is 3.33. The Kier molecular flexibility index (Phi) is 55.0. The fourth-order valence-corrected chi connectivity index (χ4v) is 9.03. The van der Waals surface area contributed by atoms with Crippen LogP contribution in [-0.2, 0) is 14.3 Å². The summed E-state index contributed by atoms with van der Waals surface area (Å²) in [5, 5.41) is 23.0. The summed E-state index contributed by atoms with van der Waals surface area (Å²) < 4.78 is 5.48. The van der Waals surface area contributed by atoms with E-state index in [0.717, 1.165) is 44.9 Å². The summed E-state index contributed by atoms with van der Waals surface area (Å²) in [6.45, 7) is 4.88. The maximum Gasteiger partial charge on any atom is 0.305 e. The monoisotopic (exact) mass is 942 g/mol. The van der Waals surface area contributed by atoms with Crippen molar-refractivity contribution in [2.24, 2.45) is 0 Å². The number of esters is 1. The van der Waals surface area contributed by atoms with Crippen molar-refractivity contribution >= 4 is 11.9 Å². The van der Waals surface area contributed by atoms with Crippen LogP contribution in [0.2, 0.25) is 0 Å². The first-order valence-electron chi connectivity index (χ1n) is 29.8. The predicted octanol–water partition coefficient (Wildman–Crippen LogP) is 18.4. The van der Waals surface area contributed by atoms with Gasteiger partial charge in [0.15, 0.2) is 0 Å². The molecule has 67 heavy (non-hydrogen) atoms. The second-order valence-corrected chi connectivity index (χ2v) is 20.3. The van der Waals surface area contributed by atoms with E-state index in [2.05, 4.69) is 43.5 Å². The van der Waals surface area contributed by atoms with Gasteiger partial charge >= 0.3 is 5.97 Å². The third-order valence-corrected chi connectivity index (χ3v) is 13.6. The SMILES string of the molecule is CCCCCCCCC/C=C\CCCCCCCC(=O)OCCCCCCCCCCCCCC/C=C\CCCCCCCCCCC(=O)NC(CO)C(O)/C=C/CCCCCCCCCC. The molecule has 0 aliphatic heterocycles. The molecule has 0 fully saturated rings. The molecule has 0 bridgehead atoms. The summed E-state index contributed by atoms with van der Waals surface area (Å²) in [7, 11) is 0. The number of carbonyl (C=O) groups is 2. The van der Waals surface area contributed by atoms with Crippen molar-refractivity contribution in [1.29, 1.82) is 0 Å². The average molecular weight is 943 g/mol. The van der Waals surface area contributed by atoms with Crippen LogP contribution in [-0.4, -0.2) is 47.4 Å². The Balaban J connectivity index is 3.39. The Morgan fingerprint density at radius 1 is 0.403 bits per heavy atom. The zero-order valence-corrected chi connectivity index (χ0v) is 44.9. The molecule has 0 radical (unpaired) electrons. The fraction of sp³-hybridized carbons (Fsp3) is 0.869. The van der Waals surface area contributed by atoms with Gasteiger partial charge in [-0.3, -0.25) is 9.59 Å². The van der Waals surface area contributed by atoms with Gasteiger partial charge in [0.25, 0.3) is 0 Å². The lowest BCUT2D eigenvalue weighted by atomic mass is 10.0. The van der Waals surface area contributed by atoms with Crippen LogP contribution < -0.4 is 5.32 Å². The second kappa shape index (κ2) is 56.7. The van der Waals surface area contributed by atoms with E-state index in [9.17, 15) is 19.8 Å². The van der Waals surface area contributed by atoms with Crippen LogP contribution in [0.4, 0.5) is 0 Å². The summed E-state index contributed by atoms with van der Waals surface area (Å²) in [6.07, 6.45) is 70.4. The van der Waals surface area contributed by atoms with Crippen LogP contribution in [0.5, 0.6) is 0 Å². The number of allylic oxidation sites excluding steroid dienone is 5. The molecular weight excluding hydrogens is 827 g/mol. The van der Waals surface area contributed by atoms with E-state index in [1.54, 1.807) is 6.08 Å². The number of aliphatic hydroxyl groups excluding tert-OH is 2. The van der Waals surface area contributed by atoms with E-state index in [1.165, 1.54) is 244 Å². The molecule has 6 nitrogen and oxygen atoms in total. The highest BCUT2D eigenvalue weighted by Gasteiger charge is 2.18. The second-order valence-electron chi connectivity index (χ2n) is 20.3. The van der Waals surface area contributed by atoms with Crippen molar-refractivity contribution in [3.8, 4) is 0 Å². The Hall–Kier alpha value is -1.92. The summed E-state index contributed by atoms with van der Waals surface area (Å²) in [5.74, 6) is -0.0702. The van der Waals surface area contributed by atoms with Gasteiger partial charge in [-0.1, -0.05) is 256 Å². The lowest BCUT2D eigenvalue weighted by Crippen LogP contribution is -2.45. The van der Waals surface area contributed by atoms with Crippen LogP contribution in [0.1, 0.15) is 316 Å². The first-order valence-corrected chi connectivity index (χ1v) is 29.8. The first-order chi connectivity index (χ1) is 33.0. The minimum absolute atomic E-state index is 0.00435. The Morgan fingerprint density at radius 2 is 0.701 bits per heavy atom. The minimum Gasteiger partial charge on any atom is -0.466 e. The molecule has 0 saturated heterocycles.